The molecule has 0 saturated carbocycles. The lowest BCUT2D eigenvalue weighted by Gasteiger charge is -2.03. The van der Waals surface area contributed by atoms with E-state index in [1.54, 1.807) is 18.3 Å². The van der Waals surface area contributed by atoms with E-state index in [1.807, 2.05) is 12.3 Å². The van der Waals surface area contributed by atoms with Crippen molar-refractivity contribution < 1.29 is 0 Å². The van der Waals surface area contributed by atoms with Crippen molar-refractivity contribution in [3.63, 3.8) is 0 Å². The predicted octanol–water partition coefficient (Wildman–Crippen LogP) is 3.57. The minimum atomic E-state index is 0.419. The molecule has 0 spiro atoms. The molecule has 0 aromatic carbocycles. The van der Waals surface area contributed by atoms with Gasteiger partial charge in [0.1, 0.15) is 10.3 Å². The van der Waals surface area contributed by atoms with Gasteiger partial charge >= 0.3 is 0 Å². The monoisotopic (exact) mass is 271 g/mol. The third kappa shape index (κ3) is 2.64. The summed E-state index contributed by atoms with van der Waals surface area (Å²) in [7, 11) is 0. The molecule has 2 aromatic heterocycles. The van der Waals surface area contributed by atoms with E-state index in [9.17, 15) is 0 Å². The molecule has 0 radical (unpaired) electrons. The third-order valence-corrected chi connectivity index (χ3v) is 2.83. The van der Waals surface area contributed by atoms with Crippen LogP contribution in [-0.2, 0) is 0 Å². The molecule has 0 amide bonds. The van der Waals surface area contributed by atoms with Gasteiger partial charge in [-0.3, -0.25) is 0 Å². The second-order valence-electron chi connectivity index (χ2n) is 2.93. The molecule has 3 nitrogen and oxygen atoms in total. The van der Waals surface area contributed by atoms with Crippen LogP contribution in [0, 0.1) is 0 Å². The lowest BCUT2D eigenvalue weighted by atomic mass is 10.2. The first-order valence-corrected chi connectivity index (χ1v) is 6.37. The largest absolute Gasteiger partial charge is 0.245 e. The molecular formula is C10H7Cl2N3S. The fourth-order valence-corrected chi connectivity index (χ4v) is 1.98. The first-order chi connectivity index (χ1) is 7.69. The normalized spacial score (nSPS) is 10.4. The minimum absolute atomic E-state index is 0.419. The molecule has 0 aliphatic rings. The van der Waals surface area contributed by atoms with E-state index in [2.05, 4.69) is 15.0 Å². The predicted molar refractivity (Wildman–Crippen MR) is 67.1 cm³/mol. The molecule has 0 atom stereocenters. The molecule has 16 heavy (non-hydrogen) atoms. The highest BCUT2D eigenvalue weighted by atomic mass is 35.5. The fourth-order valence-electron chi connectivity index (χ4n) is 1.20. The van der Waals surface area contributed by atoms with Gasteiger partial charge in [0, 0.05) is 17.8 Å². The van der Waals surface area contributed by atoms with Crippen molar-refractivity contribution in [3.05, 3.63) is 34.7 Å². The van der Waals surface area contributed by atoms with Crippen LogP contribution >= 0.6 is 35.0 Å². The summed E-state index contributed by atoms with van der Waals surface area (Å²) in [5.41, 5.74) is 1.62. The van der Waals surface area contributed by atoms with Crippen LogP contribution in [0.15, 0.2) is 29.6 Å². The van der Waals surface area contributed by atoms with Crippen molar-refractivity contribution in [1.82, 2.24) is 15.0 Å². The molecule has 6 heteroatoms. The Bertz CT molecular complexity index is 519. The average molecular weight is 272 g/mol. The zero-order valence-electron chi connectivity index (χ0n) is 8.32. The van der Waals surface area contributed by atoms with E-state index < -0.39 is 0 Å². The Hall–Kier alpha value is -0.840. The number of thioether (sulfide) groups is 1. The van der Waals surface area contributed by atoms with Crippen LogP contribution in [0.25, 0.3) is 11.3 Å². The lowest BCUT2D eigenvalue weighted by molar-refractivity contribution is 0.976. The Kier molecular flexibility index (Phi) is 3.63. The van der Waals surface area contributed by atoms with Gasteiger partial charge in [-0.25, -0.2) is 15.0 Å². The van der Waals surface area contributed by atoms with Gasteiger partial charge in [0.2, 0.25) is 0 Å². The van der Waals surface area contributed by atoms with E-state index in [0.29, 0.717) is 15.5 Å². The molecule has 2 rings (SSSR count). The second kappa shape index (κ2) is 4.99. The van der Waals surface area contributed by atoms with Crippen molar-refractivity contribution in [3.8, 4) is 11.3 Å². The summed E-state index contributed by atoms with van der Waals surface area (Å²) < 4.78 is 0. The Labute approximate surface area is 107 Å². The summed E-state index contributed by atoms with van der Waals surface area (Å²) in [4.78, 5) is 12.3. The Morgan fingerprint density at radius 1 is 1.12 bits per heavy atom. The summed E-state index contributed by atoms with van der Waals surface area (Å²) in [5, 5.41) is 1.48. The summed E-state index contributed by atoms with van der Waals surface area (Å²) in [6, 6.07) is 5.27. The number of hydrogen-bond acceptors (Lipinski definition) is 4. The van der Waals surface area contributed by atoms with Crippen LogP contribution in [0.3, 0.4) is 0 Å². The number of rotatable bonds is 2. The molecular weight excluding hydrogens is 265 g/mol. The van der Waals surface area contributed by atoms with Crippen LogP contribution in [0.1, 0.15) is 0 Å². The highest BCUT2D eigenvalue weighted by molar-refractivity contribution is 7.98. The average Bonchev–Trinajstić information content (AvgIpc) is 2.28. The summed E-state index contributed by atoms with van der Waals surface area (Å²) in [6.45, 7) is 0. The zero-order valence-corrected chi connectivity index (χ0v) is 10.6. The number of aromatic nitrogens is 3. The molecule has 0 fully saturated rings. The number of nitrogens with zero attached hydrogens (tertiary/aromatic N) is 3. The Morgan fingerprint density at radius 3 is 2.62 bits per heavy atom. The molecule has 0 bridgehead atoms. The summed E-state index contributed by atoms with van der Waals surface area (Å²) >= 11 is 13.2. The van der Waals surface area contributed by atoms with Crippen molar-refractivity contribution in [2.45, 2.75) is 5.16 Å². The van der Waals surface area contributed by atoms with Gasteiger partial charge in [-0.2, -0.15) is 0 Å². The highest BCUT2D eigenvalue weighted by Crippen LogP contribution is 2.23. The molecule has 0 N–H and O–H groups in total. The molecule has 82 valence electrons. The molecule has 0 aliphatic carbocycles. The smallest absolute Gasteiger partial charge is 0.189 e. The van der Waals surface area contributed by atoms with Gasteiger partial charge in [-0.1, -0.05) is 35.0 Å². The number of pyridine rings is 1. The van der Waals surface area contributed by atoms with Gasteiger partial charge in [0.05, 0.1) is 5.69 Å². The Morgan fingerprint density at radius 2 is 1.94 bits per heavy atom. The maximum absolute atomic E-state index is 5.91. The maximum atomic E-state index is 5.91. The van der Waals surface area contributed by atoms with E-state index in [1.165, 1.54) is 11.8 Å². The van der Waals surface area contributed by atoms with E-state index >= 15 is 0 Å². The molecule has 2 aromatic rings. The third-order valence-electron chi connectivity index (χ3n) is 1.88. The first-order valence-electron chi connectivity index (χ1n) is 4.39. The SMILES string of the molecule is CSc1nc(Cl)cc(-c2ccnc(Cl)c2)n1. The standard InChI is InChI=1S/C10H7Cl2N3S/c1-16-10-14-7(5-9(12)15-10)6-2-3-13-8(11)4-6/h2-5H,1H3. The number of halogens is 2. The molecule has 2 heterocycles. The quantitative estimate of drug-likeness (QED) is 0.362. The van der Waals surface area contributed by atoms with Gasteiger partial charge < -0.3 is 0 Å². The maximum Gasteiger partial charge on any atom is 0.189 e. The molecule has 0 unspecified atom stereocenters. The van der Waals surface area contributed by atoms with Crippen molar-refractivity contribution >= 4 is 35.0 Å². The van der Waals surface area contributed by atoms with Crippen LogP contribution in [0.5, 0.6) is 0 Å². The summed E-state index contributed by atoms with van der Waals surface area (Å²) in [6.07, 6.45) is 3.53. The zero-order chi connectivity index (χ0) is 11.5. The summed E-state index contributed by atoms with van der Waals surface area (Å²) in [5.74, 6) is 0. The van der Waals surface area contributed by atoms with Crippen LogP contribution in [0.2, 0.25) is 10.3 Å². The first kappa shape index (κ1) is 11.6. The molecule has 0 saturated heterocycles. The van der Waals surface area contributed by atoms with E-state index in [4.69, 9.17) is 23.2 Å². The lowest BCUT2D eigenvalue weighted by Crippen LogP contribution is -1.91. The van der Waals surface area contributed by atoms with Crippen LogP contribution < -0.4 is 0 Å². The number of hydrogen-bond donors (Lipinski definition) is 0. The van der Waals surface area contributed by atoms with Crippen LogP contribution in [-0.4, -0.2) is 21.2 Å². The Balaban J connectivity index is 2.51. The second-order valence-corrected chi connectivity index (χ2v) is 4.48. The topological polar surface area (TPSA) is 38.7 Å². The van der Waals surface area contributed by atoms with Crippen molar-refractivity contribution in [1.29, 1.82) is 0 Å². The highest BCUT2D eigenvalue weighted by Gasteiger charge is 2.05. The van der Waals surface area contributed by atoms with Crippen molar-refractivity contribution in [2.24, 2.45) is 0 Å². The van der Waals surface area contributed by atoms with Crippen molar-refractivity contribution in [2.75, 3.05) is 6.26 Å². The minimum Gasteiger partial charge on any atom is -0.245 e. The fraction of sp³-hybridized carbons (Fsp3) is 0.100. The van der Waals surface area contributed by atoms with Gasteiger partial charge in [-0.15, -0.1) is 0 Å². The van der Waals surface area contributed by atoms with E-state index in [0.717, 1.165) is 11.3 Å². The van der Waals surface area contributed by atoms with Gasteiger partial charge in [0.25, 0.3) is 0 Å². The van der Waals surface area contributed by atoms with Crippen LogP contribution in [0.4, 0.5) is 0 Å². The van der Waals surface area contributed by atoms with Gasteiger partial charge in [0.15, 0.2) is 5.16 Å². The van der Waals surface area contributed by atoms with E-state index in [-0.39, 0.29) is 0 Å². The molecule has 0 aliphatic heterocycles. The van der Waals surface area contributed by atoms with Gasteiger partial charge in [-0.05, 0) is 18.4 Å².